The molecule has 2 fully saturated rings. The van der Waals surface area contributed by atoms with Crippen LogP contribution in [0.3, 0.4) is 0 Å². The van der Waals surface area contributed by atoms with E-state index in [9.17, 15) is 18.3 Å². The Morgan fingerprint density at radius 2 is 1.81 bits per heavy atom. The normalized spacial score (nSPS) is 29.7. The van der Waals surface area contributed by atoms with Gasteiger partial charge in [-0.05, 0) is 57.2 Å². The first-order valence-corrected chi connectivity index (χ1v) is 13.7. The van der Waals surface area contributed by atoms with Crippen LogP contribution >= 0.6 is 0 Å². The number of aliphatic hydroxyl groups is 1. The van der Waals surface area contributed by atoms with E-state index < -0.39 is 43.6 Å². The minimum atomic E-state index is -3.83. The lowest BCUT2D eigenvalue weighted by molar-refractivity contribution is -0.0649. The van der Waals surface area contributed by atoms with Gasteiger partial charge in [-0.25, -0.2) is 26.7 Å². The lowest BCUT2D eigenvalue weighted by atomic mass is 9.56. The van der Waals surface area contributed by atoms with Crippen molar-refractivity contribution in [3.05, 3.63) is 87.1 Å². The molecule has 1 saturated carbocycles. The predicted molar refractivity (Wildman–Crippen MR) is 133 cm³/mol. The molecule has 1 aromatic heterocycles. The van der Waals surface area contributed by atoms with E-state index in [1.165, 1.54) is 11.4 Å². The van der Waals surface area contributed by atoms with Crippen molar-refractivity contribution in [1.82, 2.24) is 19.1 Å². The van der Waals surface area contributed by atoms with Crippen molar-refractivity contribution < 1.29 is 22.3 Å². The summed E-state index contributed by atoms with van der Waals surface area (Å²) in [5, 5.41) is 13.9. The monoisotopic (exact) mass is 532 g/mol. The predicted octanol–water partition coefficient (Wildman–Crippen LogP) is 3.27. The highest BCUT2D eigenvalue weighted by Crippen LogP contribution is 2.54. The zero-order chi connectivity index (χ0) is 26.8. The van der Waals surface area contributed by atoms with Crippen LogP contribution in [0.15, 0.2) is 47.3 Å². The lowest BCUT2D eigenvalue weighted by Crippen LogP contribution is -2.54. The number of aryl methyl sites for hydroxylation is 1. The Hall–Kier alpha value is -2.89. The van der Waals surface area contributed by atoms with E-state index in [0.29, 0.717) is 18.4 Å². The summed E-state index contributed by atoms with van der Waals surface area (Å²) in [7, 11) is -2.39. The molecule has 2 aromatic carbocycles. The third-order valence-electron chi connectivity index (χ3n) is 7.76. The molecule has 37 heavy (non-hydrogen) atoms. The van der Waals surface area contributed by atoms with Crippen LogP contribution in [0.1, 0.15) is 67.3 Å². The van der Waals surface area contributed by atoms with Crippen LogP contribution in [0.25, 0.3) is 0 Å². The highest BCUT2D eigenvalue weighted by molar-refractivity contribution is 7.89. The van der Waals surface area contributed by atoms with Crippen LogP contribution < -0.4 is 5.69 Å². The van der Waals surface area contributed by atoms with Crippen LogP contribution in [0.2, 0.25) is 0 Å². The third-order valence-corrected chi connectivity index (χ3v) is 10.1. The van der Waals surface area contributed by atoms with Crippen LogP contribution in [0.5, 0.6) is 0 Å². The second kappa shape index (κ2) is 8.85. The first-order valence-electron chi connectivity index (χ1n) is 12.2. The number of nitrogens with zero attached hydrogens (tertiary/aromatic N) is 3. The number of sulfonamides is 1. The average molecular weight is 533 g/mol. The van der Waals surface area contributed by atoms with Gasteiger partial charge in [0.2, 0.25) is 10.0 Å². The van der Waals surface area contributed by atoms with Gasteiger partial charge in [-0.2, -0.15) is 9.40 Å². The molecular weight excluding hydrogens is 502 g/mol. The van der Waals surface area contributed by atoms with Crippen molar-refractivity contribution in [3.8, 4) is 0 Å². The number of H-pyrrole nitrogens is 1. The fourth-order valence-corrected chi connectivity index (χ4v) is 8.14. The zero-order valence-corrected chi connectivity index (χ0v) is 21.7. The first kappa shape index (κ1) is 25.7. The molecule has 2 atom stereocenters. The van der Waals surface area contributed by atoms with Gasteiger partial charge in [0.05, 0.1) is 11.0 Å². The third kappa shape index (κ3) is 4.32. The maximum absolute atomic E-state index is 15.6. The molecular formula is C26H30F2N4O4S. The summed E-state index contributed by atoms with van der Waals surface area (Å²) in [5.74, 6) is -1.36. The quantitative estimate of drug-likeness (QED) is 0.525. The largest absolute Gasteiger partial charge is 0.390 e. The molecule has 0 spiro atoms. The number of hydrogen-bond acceptors (Lipinski definition) is 5. The Labute approximate surface area is 214 Å². The molecule has 198 valence electrons. The van der Waals surface area contributed by atoms with E-state index in [1.807, 2.05) is 6.07 Å². The minimum Gasteiger partial charge on any atom is -0.390 e. The highest BCUT2D eigenvalue weighted by Gasteiger charge is 2.56. The molecule has 2 N–H and O–H groups in total. The Balaban J connectivity index is 1.50. The van der Waals surface area contributed by atoms with Crippen molar-refractivity contribution in [2.75, 3.05) is 0 Å². The second-order valence-corrected chi connectivity index (χ2v) is 12.7. The number of aromatic amines is 1. The van der Waals surface area contributed by atoms with Gasteiger partial charge >= 0.3 is 5.69 Å². The smallest absolute Gasteiger partial charge is 0.343 e. The number of halogens is 2. The summed E-state index contributed by atoms with van der Waals surface area (Å²) < 4.78 is 60.5. The highest BCUT2D eigenvalue weighted by atomic mass is 32.2. The standard InChI is InChI=1S/C26H30F2N4O4S/c1-16-9-10-22(17-7-5-4-6-8-17)37(35,36)32(16)13-18-11-21(28)19(12-20(18)27)26(14-25(2,34)15-26)23-29-24(33)31(3)30-23/h4-8,11-12,16,22,34H,9-10,13-15H2,1-3H3,(H,29,30,33)/t16-,22+,25-,26+/m0/s1. The minimum absolute atomic E-state index is 0.0358. The number of benzene rings is 2. The zero-order valence-electron chi connectivity index (χ0n) is 20.9. The van der Waals surface area contributed by atoms with E-state index in [4.69, 9.17) is 0 Å². The van der Waals surface area contributed by atoms with Crippen LogP contribution in [0.4, 0.5) is 8.78 Å². The van der Waals surface area contributed by atoms with Gasteiger partial charge in [0.25, 0.3) is 0 Å². The van der Waals surface area contributed by atoms with Crippen molar-refractivity contribution in [1.29, 1.82) is 0 Å². The maximum Gasteiger partial charge on any atom is 0.343 e. The SMILES string of the molecule is C[C@H]1CC[C@H](c2ccccc2)S(=O)(=O)N1Cc1cc(F)c([C@]2(c3nn(C)c(=O)[nH]3)C[C@@](C)(O)C2)cc1F. The summed E-state index contributed by atoms with van der Waals surface area (Å²) in [4.78, 5) is 14.6. The average Bonchev–Trinajstić information content (AvgIpc) is 3.15. The topological polar surface area (TPSA) is 108 Å². The number of aromatic nitrogens is 3. The van der Waals surface area contributed by atoms with Gasteiger partial charge in [-0.15, -0.1) is 0 Å². The van der Waals surface area contributed by atoms with Crippen molar-refractivity contribution in [2.24, 2.45) is 7.05 Å². The van der Waals surface area contributed by atoms with E-state index in [0.717, 1.165) is 16.8 Å². The molecule has 2 heterocycles. The van der Waals surface area contributed by atoms with Crippen LogP contribution in [-0.2, 0) is 29.0 Å². The Morgan fingerprint density at radius 1 is 1.14 bits per heavy atom. The van der Waals surface area contributed by atoms with E-state index in [-0.39, 0.29) is 42.4 Å². The summed E-state index contributed by atoms with van der Waals surface area (Å²) >= 11 is 0. The summed E-state index contributed by atoms with van der Waals surface area (Å²) in [5.41, 5.74) is -2.30. The van der Waals surface area contributed by atoms with Crippen molar-refractivity contribution in [3.63, 3.8) is 0 Å². The first-order chi connectivity index (χ1) is 17.3. The molecule has 0 unspecified atom stereocenters. The fraction of sp³-hybridized carbons (Fsp3) is 0.462. The maximum atomic E-state index is 15.6. The van der Waals surface area contributed by atoms with Crippen molar-refractivity contribution >= 4 is 10.0 Å². The Morgan fingerprint density at radius 3 is 2.41 bits per heavy atom. The second-order valence-electron chi connectivity index (χ2n) is 10.7. The summed E-state index contributed by atoms with van der Waals surface area (Å²) in [6.07, 6.45) is 1.12. The lowest BCUT2D eigenvalue weighted by Gasteiger charge is -2.50. The molecule has 2 aliphatic rings. The van der Waals surface area contributed by atoms with E-state index >= 15 is 8.78 Å². The van der Waals surface area contributed by atoms with E-state index in [2.05, 4.69) is 10.1 Å². The number of hydrogen-bond donors (Lipinski definition) is 2. The van der Waals surface area contributed by atoms with Gasteiger partial charge in [0.15, 0.2) is 0 Å². The summed E-state index contributed by atoms with van der Waals surface area (Å²) in [6.45, 7) is 3.05. The molecule has 11 heteroatoms. The number of nitrogens with one attached hydrogen (secondary N) is 1. The summed E-state index contributed by atoms with van der Waals surface area (Å²) in [6, 6.07) is 10.6. The molecule has 5 rings (SSSR count). The molecule has 3 aromatic rings. The van der Waals surface area contributed by atoms with Gasteiger partial charge in [-0.3, -0.25) is 4.98 Å². The van der Waals surface area contributed by atoms with Gasteiger partial charge < -0.3 is 5.11 Å². The van der Waals surface area contributed by atoms with E-state index in [1.54, 1.807) is 38.1 Å². The molecule has 1 aliphatic heterocycles. The van der Waals surface area contributed by atoms with Crippen molar-refractivity contribution in [2.45, 2.75) is 68.4 Å². The van der Waals surface area contributed by atoms with Gasteiger partial charge in [0, 0.05) is 30.8 Å². The fourth-order valence-electron chi connectivity index (χ4n) is 5.95. The molecule has 1 aliphatic carbocycles. The van der Waals surface area contributed by atoms with Crippen LogP contribution in [-0.4, -0.2) is 44.2 Å². The molecule has 0 radical (unpaired) electrons. The Bertz CT molecular complexity index is 1490. The molecule has 8 nitrogen and oxygen atoms in total. The Kier molecular flexibility index (Phi) is 6.16. The molecule has 0 bridgehead atoms. The number of rotatable bonds is 5. The van der Waals surface area contributed by atoms with Gasteiger partial charge in [0.1, 0.15) is 22.7 Å². The molecule has 1 saturated heterocycles. The van der Waals surface area contributed by atoms with Gasteiger partial charge in [-0.1, -0.05) is 30.3 Å². The molecule has 0 amide bonds. The van der Waals surface area contributed by atoms with Crippen LogP contribution in [0, 0.1) is 11.6 Å².